The summed E-state index contributed by atoms with van der Waals surface area (Å²) in [6.07, 6.45) is -1.40. The number of rotatable bonds is 7. The van der Waals surface area contributed by atoms with E-state index in [4.69, 9.17) is 14.1 Å². The van der Waals surface area contributed by atoms with Crippen molar-refractivity contribution < 1.29 is 32.0 Å². The van der Waals surface area contributed by atoms with Gasteiger partial charge >= 0.3 is 0 Å². The fraction of sp³-hybridized carbons (Fsp3) is 0.611. The van der Waals surface area contributed by atoms with Crippen LogP contribution in [0.4, 0.5) is 10.1 Å². The third-order valence-electron chi connectivity index (χ3n) is 4.53. The predicted molar refractivity (Wildman–Crippen MR) is 104 cm³/mol. The van der Waals surface area contributed by atoms with Crippen molar-refractivity contribution in [1.29, 1.82) is 0 Å². The lowest BCUT2D eigenvalue weighted by Crippen LogP contribution is -2.33. The fourth-order valence-corrected chi connectivity index (χ4v) is 5.26. The molecular weight excluding hydrogens is 405 g/mol. The van der Waals surface area contributed by atoms with Crippen LogP contribution >= 0.6 is 0 Å². The zero-order valence-electron chi connectivity index (χ0n) is 17.0. The molecule has 0 saturated carbocycles. The van der Waals surface area contributed by atoms with Crippen LogP contribution in [-0.4, -0.2) is 54.3 Å². The minimum atomic E-state index is -3.67. The molecule has 1 fully saturated rings. The highest BCUT2D eigenvalue weighted by atomic mass is 32.2. The summed E-state index contributed by atoms with van der Waals surface area (Å²) in [5.41, 5.74) is -0.394. The molecule has 0 radical (unpaired) electrons. The number of fused-ring (bicyclic) bond motifs is 1. The molecule has 2 N–H and O–H groups in total. The molecule has 0 aliphatic carbocycles. The number of ether oxygens (including phenoxy) is 1. The van der Waals surface area contributed by atoms with Gasteiger partial charge in [-0.2, -0.15) is 5.06 Å². The summed E-state index contributed by atoms with van der Waals surface area (Å²) < 4.78 is 50.4. The molecule has 2 aromatic rings. The maximum absolute atomic E-state index is 14.3. The number of sulfone groups is 1. The van der Waals surface area contributed by atoms with Crippen LogP contribution in [0.1, 0.15) is 39.8 Å². The molecule has 1 aliphatic heterocycles. The van der Waals surface area contributed by atoms with E-state index < -0.39 is 38.8 Å². The molecular formula is C18H26FN3O6S. The van der Waals surface area contributed by atoms with Crippen molar-refractivity contribution in [2.45, 2.75) is 63.4 Å². The Balaban J connectivity index is 1.87. The zero-order chi connectivity index (χ0) is 21.6. The third kappa shape index (κ3) is 4.86. The third-order valence-corrected chi connectivity index (χ3v) is 6.50. The van der Waals surface area contributed by atoms with E-state index in [0.717, 1.165) is 6.07 Å². The quantitative estimate of drug-likeness (QED) is 0.638. The molecule has 1 saturated heterocycles. The van der Waals surface area contributed by atoms with Crippen LogP contribution in [0.25, 0.3) is 11.0 Å². The van der Waals surface area contributed by atoms with E-state index in [1.165, 1.54) is 11.1 Å². The van der Waals surface area contributed by atoms with Crippen molar-refractivity contribution in [2.24, 2.45) is 0 Å². The number of hydrogen-bond donors (Lipinski definition) is 2. The maximum Gasteiger partial charge on any atom is 0.235 e. The zero-order valence-corrected chi connectivity index (χ0v) is 17.8. The average Bonchev–Trinajstić information content (AvgIpc) is 3.06. The summed E-state index contributed by atoms with van der Waals surface area (Å²) in [5.74, 6) is -1.09. The molecule has 1 aromatic carbocycles. The second-order valence-corrected chi connectivity index (χ2v) is 10.2. The Morgan fingerprint density at radius 2 is 2.14 bits per heavy atom. The van der Waals surface area contributed by atoms with E-state index in [1.54, 1.807) is 20.9 Å². The molecule has 3 rings (SSSR count). The van der Waals surface area contributed by atoms with Gasteiger partial charge in [-0.1, -0.05) is 5.16 Å². The number of halogens is 1. The predicted octanol–water partition coefficient (Wildman–Crippen LogP) is 2.37. The summed E-state index contributed by atoms with van der Waals surface area (Å²) in [5, 5.41) is 17.0. The number of nitrogens with one attached hydrogen (secondary N) is 1. The van der Waals surface area contributed by atoms with E-state index in [-0.39, 0.29) is 23.1 Å². The van der Waals surface area contributed by atoms with Crippen LogP contribution in [0, 0.1) is 5.82 Å². The van der Waals surface area contributed by atoms with Crippen LogP contribution < -0.4 is 5.32 Å². The molecule has 11 heteroatoms. The molecule has 162 valence electrons. The maximum atomic E-state index is 14.3. The first-order valence-electron chi connectivity index (χ1n) is 9.19. The molecule has 1 aliphatic rings. The van der Waals surface area contributed by atoms with E-state index in [2.05, 4.69) is 10.5 Å². The van der Waals surface area contributed by atoms with Crippen LogP contribution in [0.15, 0.2) is 16.7 Å². The largest absolute Gasteiger partial charge is 0.356 e. The molecule has 2 heterocycles. The normalized spacial score (nSPS) is 21.2. The lowest BCUT2D eigenvalue weighted by atomic mass is 10.1. The highest BCUT2D eigenvalue weighted by Crippen LogP contribution is 2.34. The second-order valence-electron chi connectivity index (χ2n) is 8.00. The Bertz CT molecular complexity index is 991. The van der Waals surface area contributed by atoms with Crippen molar-refractivity contribution >= 4 is 26.5 Å². The number of hydrogen-bond acceptors (Lipinski definition) is 9. The highest BCUT2D eigenvalue weighted by Gasteiger charge is 2.44. The topological polar surface area (TPSA) is 114 Å². The first kappa shape index (κ1) is 21.9. The number of aromatic nitrogens is 1. The summed E-state index contributed by atoms with van der Waals surface area (Å²) in [6.45, 7) is 7.07. The van der Waals surface area contributed by atoms with Crippen molar-refractivity contribution in [1.82, 2.24) is 10.2 Å². The summed E-state index contributed by atoms with van der Waals surface area (Å²) >= 11 is 0. The van der Waals surface area contributed by atoms with Gasteiger partial charge in [0.05, 0.1) is 23.1 Å². The van der Waals surface area contributed by atoms with Gasteiger partial charge in [0.25, 0.3) is 0 Å². The molecule has 29 heavy (non-hydrogen) atoms. The number of hydroxylamine groups is 2. The smallest absolute Gasteiger partial charge is 0.235 e. The van der Waals surface area contributed by atoms with E-state index >= 15 is 0 Å². The van der Waals surface area contributed by atoms with Crippen LogP contribution in [0.3, 0.4) is 0 Å². The van der Waals surface area contributed by atoms with Crippen LogP contribution in [-0.2, 0) is 25.2 Å². The van der Waals surface area contributed by atoms with Gasteiger partial charge in [-0.05, 0) is 33.8 Å². The van der Waals surface area contributed by atoms with Crippen molar-refractivity contribution in [2.75, 3.05) is 12.4 Å². The van der Waals surface area contributed by atoms with Gasteiger partial charge in [-0.15, -0.1) is 0 Å². The average molecular weight is 431 g/mol. The van der Waals surface area contributed by atoms with Crippen LogP contribution in [0.2, 0.25) is 0 Å². The van der Waals surface area contributed by atoms with Gasteiger partial charge in [-0.3, -0.25) is 4.84 Å². The SMILES string of the molecule is CC(C)OC(O)Nc1cc2c(CS(=O)(=O)C3CC(C)(C)ON3C)noc2cc1F. The highest BCUT2D eigenvalue weighted by molar-refractivity contribution is 7.91. The first-order valence-corrected chi connectivity index (χ1v) is 10.9. The van der Waals surface area contributed by atoms with E-state index in [1.807, 2.05) is 13.8 Å². The monoisotopic (exact) mass is 431 g/mol. The number of aliphatic hydroxyl groups is 1. The molecule has 2 unspecified atom stereocenters. The second kappa shape index (κ2) is 7.80. The molecule has 0 spiro atoms. The fourth-order valence-electron chi connectivity index (χ4n) is 3.32. The van der Waals surface area contributed by atoms with Gasteiger partial charge in [0, 0.05) is 24.9 Å². The van der Waals surface area contributed by atoms with Crippen molar-refractivity contribution in [3.8, 4) is 0 Å². The number of nitrogens with zero attached hydrogens (tertiary/aromatic N) is 2. The molecule has 2 atom stereocenters. The first-order chi connectivity index (χ1) is 13.4. The Labute approximate surface area is 168 Å². The van der Waals surface area contributed by atoms with Gasteiger partial charge in [-0.25, -0.2) is 12.8 Å². The minimum Gasteiger partial charge on any atom is -0.356 e. The summed E-state index contributed by atoms with van der Waals surface area (Å²) in [6, 6.07) is 2.43. The standard InChI is InChI=1S/C18H26FN3O6S/c1-10(2)26-17(23)20-13-6-11-14(21-27-15(11)7-12(13)19)9-29(24,25)16-8-18(3,4)28-22(16)5/h6-7,10,16-17,20,23H,8-9H2,1-5H3. The summed E-state index contributed by atoms with van der Waals surface area (Å²) in [4.78, 5) is 5.57. The molecule has 0 bridgehead atoms. The molecule has 9 nitrogen and oxygen atoms in total. The lowest BCUT2D eigenvalue weighted by molar-refractivity contribution is -0.168. The Kier molecular flexibility index (Phi) is 5.89. The number of anilines is 1. The van der Waals surface area contributed by atoms with Crippen LogP contribution in [0.5, 0.6) is 0 Å². The number of aliphatic hydroxyl groups excluding tert-OH is 1. The van der Waals surface area contributed by atoms with Gasteiger partial charge in [0.2, 0.25) is 6.41 Å². The van der Waals surface area contributed by atoms with Crippen molar-refractivity contribution in [3.63, 3.8) is 0 Å². The Hall–Kier alpha value is -1.79. The Morgan fingerprint density at radius 3 is 2.72 bits per heavy atom. The van der Waals surface area contributed by atoms with E-state index in [9.17, 15) is 17.9 Å². The molecule has 0 amide bonds. The van der Waals surface area contributed by atoms with E-state index in [0.29, 0.717) is 11.8 Å². The minimum absolute atomic E-state index is 0.0602. The van der Waals surface area contributed by atoms with Crippen molar-refractivity contribution in [3.05, 3.63) is 23.6 Å². The number of benzene rings is 1. The lowest BCUT2D eigenvalue weighted by Gasteiger charge is -2.18. The van der Waals surface area contributed by atoms with Gasteiger partial charge < -0.3 is 19.7 Å². The molecule has 1 aromatic heterocycles. The Morgan fingerprint density at radius 1 is 1.45 bits per heavy atom. The van der Waals surface area contributed by atoms with Gasteiger partial charge in [0.15, 0.2) is 15.4 Å². The van der Waals surface area contributed by atoms with Gasteiger partial charge in [0.1, 0.15) is 16.9 Å². The summed E-state index contributed by atoms with van der Waals surface area (Å²) in [7, 11) is -2.09.